The highest BCUT2D eigenvalue weighted by Crippen LogP contribution is 2.33. The van der Waals surface area contributed by atoms with Gasteiger partial charge in [-0.2, -0.15) is 0 Å². The van der Waals surface area contributed by atoms with Crippen molar-refractivity contribution >= 4 is 57.1 Å². The van der Waals surface area contributed by atoms with E-state index in [9.17, 15) is 4.79 Å². The number of fused-ring (bicyclic) bond motifs is 1. The Labute approximate surface area is 185 Å². The van der Waals surface area contributed by atoms with Gasteiger partial charge in [0.2, 0.25) is 5.91 Å². The molecular weight excluding hydrogens is 414 g/mol. The minimum atomic E-state index is -0.0937. The van der Waals surface area contributed by atoms with Gasteiger partial charge in [-0.15, -0.1) is 11.8 Å². The number of anilines is 1. The van der Waals surface area contributed by atoms with E-state index in [1.54, 1.807) is 0 Å². The van der Waals surface area contributed by atoms with E-state index in [-0.39, 0.29) is 11.7 Å². The van der Waals surface area contributed by atoms with E-state index in [1.807, 2.05) is 79.7 Å². The molecular formula is C24H20ClN3OS. The van der Waals surface area contributed by atoms with Crippen molar-refractivity contribution in [2.75, 3.05) is 11.1 Å². The number of benzene rings is 3. The van der Waals surface area contributed by atoms with Crippen LogP contribution in [0.5, 0.6) is 0 Å². The van der Waals surface area contributed by atoms with Crippen LogP contribution in [0.4, 0.5) is 17.1 Å². The van der Waals surface area contributed by atoms with Gasteiger partial charge in [-0.05, 0) is 42.3 Å². The number of carbonyl (C=O) groups is 1. The molecule has 150 valence electrons. The zero-order valence-corrected chi connectivity index (χ0v) is 18.0. The lowest BCUT2D eigenvalue weighted by atomic mass is 10.1. The Bertz CT molecular complexity index is 1140. The van der Waals surface area contributed by atoms with Crippen LogP contribution in [0.15, 0.2) is 82.8 Å². The molecule has 0 fully saturated rings. The topological polar surface area (TPSA) is 53.8 Å². The molecule has 4 rings (SSSR count). The molecule has 1 amide bonds. The van der Waals surface area contributed by atoms with Gasteiger partial charge in [-0.1, -0.05) is 60.1 Å². The molecule has 0 unspecified atom stereocenters. The fourth-order valence-electron chi connectivity index (χ4n) is 3.11. The number of rotatable bonds is 4. The monoisotopic (exact) mass is 433 g/mol. The van der Waals surface area contributed by atoms with E-state index in [1.165, 1.54) is 11.8 Å². The first-order valence-electron chi connectivity index (χ1n) is 9.57. The van der Waals surface area contributed by atoms with Crippen LogP contribution in [-0.4, -0.2) is 22.4 Å². The van der Waals surface area contributed by atoms with Gasteiger partial charge in [0.1, 0.15) is 0 Å². The summed E-state index contributed by atoms with van der Waals surface area (Å²) < 4.78 is 0. The second-order valence-electron chi connectivity index (χ2n) is 6.84. The molecule has 30 heavy (non-hydrogen) atoms. The Hall–Kier alpha value is -2.89. The van der Waals surface area contributed by atoms with Crippen LogP contribution in [0, 0.1) is 6.92 Å². The number of nitrogens with one attached hydrogen (secondary N) is 1. The number of carbonyl (C=O) groups excluding carboxylic acids is 1. The SMILES string of the molecule is Cc1c(Cl)cccc1NC(=O)CSC1=Nc2ccccc2N=C(c2ccccc2)C1. The molecule has 3 aromatic rings. The van der Waals surface area contributed by atoms with Crippen molar-refractivity contribution in [3.05, 3.63) is 88.9 Å². The van der Waals surface area contributed by atoms with Gasteiger partial charge in [-0.3, -0.25) is 9.79 Å². The molecule has 3 aromatic carbocycles. The molecule has 6 heteroatoms. The average molecular weight is 434 g/mol. The summed E-state index contributed by atoms with van der Waals surface area (Å²) in [5.41, 5.74) is 5.24. The molecule has 0 radical (unpaired) electrons. The molecule has 0 saturated heterocycles. The predicted octanol–water partition coefficient (Wildman–Crippen LogP) is 6.57. The molecule has 0 aliphatic carbocycles. The minimum Gasteiger partial charge on any atom is -0.325 e. The lowest BCUT2D eigenvalue weighted by molar-refractivity contribution is -0.113. The Morgan fingerprint density at radius 2 is 1.67 bits per heavy atom. The summed E-state index contributed by atoms with van der Waals surface area (Å²) in [6.45, 7) is 1.89. The Morgan fingerprint density at radius 3 is 2.43 bits per heavy atom. The van der Waals surface area contributed by atoms with Crippen LogP contribution in [0.3, 0.4) is 0 Å². The number of nitrogens with zero attached hydrogens (tertiary/aromatic N) is 2. The number of hydrogen-bond acceptors (Lipinski definition) is 4. The minimum absolute atomic E-state index is 0.0937. The van der Waals surface area contributed by atoms with Crippen molar-refractivity contribution in [2.45, 2.75) is 13.3 Å². The second-order valence-corrected chi connectivity index (χ2v) is 8.30. The maximum Gasteiger partial charge on any atom is 0.234 e. The van der Waals surface area contributed by atoms with Gasteiger partial charge in [-0.25, -0.2) is 4.99 Å². The van der Waals surface area contributed by atoms with E-state index in [4.69, 9.17) is 21.6 Å². The predicted molar refractivity (Wildman–Crippen MR) is 128 cm³/mol. The number of halogens is 1. The van der Waals surface area contributed by atoms with E-state index >= 15 is 0 Å². The maximum atomic E-state index is 12.5. The number of para-hydroxylation sites is 2. The van der Waals surface area contributed by atoms with Gasteiger partial charge in [0.15, 0.2) is 0 Å². The fraction of sp³-hybridized carbons (Fsp3) is 0.125. The highest BCUT2D eigenvalue weighted by molar-refractivity contribution is 8.14. The van der Waals surface area contributed by atoms with E-state index in [0.717, 1.165) is 38.9 Å². The standard InChI is InChI=1S/C24H20ClN3OS/c1-16-18(25)10-7-13-19(16)27-23(29)15-30-24-14-22(17-8-3-2-4-9-17)26-20-11-5-6-12-21(20)28-24/h2-13H,14-15H2,1H3,(H,27,29). The Balaban J connectivity index is 1.52. The maximum absolute atomic E-state index is 12.5. The molecule has 0 saturated carbocycles. The average Bonchev–Trinajstić information content (AvgIpc) is 2.95. The third-order valence-corrected chi connectivity index (χ3v) is 6.10. The zero-order valence-electron chi connectivity index (χ0n) is 16.4. The van der Waals surface area contributed by atoms with Crippen molar-refractivity contribution in [3.8, 4) is 0 Å². The van der Waals surface area contributed by atoms with E-state index in [0.29, 0.717) is 11.4 Å². The molecule has 1 aliphatic heterocycles. The highest BCUT2D eigenvalue weighted by atomic mass is 35.5. The number of hydrogen-bond donors (Lipinski definition) is 1. The summed E-state index contributed by atoms with van der Waals surface area (Å²) in [4.78, 5) is 22.2. The van der Waals surface area contributed by atoms with Crippen LogP contribution >= 0.6 is 23.4 Å². The number of aliphatic imine (C=N–C) groups is 2. The number of thioether (sulfide) groups is 1. The lowest BCUT2D eigenvalue weighted by Crippen LogP contribution is -2.17. The summed E-state index contributed by atoms with van der Waals surface area (Å²) in [6.07, 6.45) is 0.576. The second kappa shape index (κ2) is 9.28. The summed E-state index contributed by atoms with van der Waals surface area (Å²) >= 11 is 7.58. The van der Waals surface area contributed by atoms with Crippen molar-refractivity contribution in [3.63, 3.8) is 0 Å². The van der Waals surface area contributed by atoms with Gasteiger partial charge < -0.3 is 5.32 Å². The third-order valence-electron chi connectivity index (χ3n) is 4.72. The molecule has 0 spiro atoms. The molecule has 0 bridgehead atoms. The van der Waals surface area contributed by atoms with Gasteiger partial charge in [0.05, 0.1) is 27.9 Å². The Morgan fingerprint density at radius 1 is 0.967 bits per heavy atom. The largest absolute Gasteiger partial charge is 0.325 e. The van der Waals surface area contributed by atoms with Crippen LogP contribution in [-0.2, 0) is 4.79 Å². The van der Waals surface area contributed by atoms with Crippen LogP contribution in [0.2, 0.25) is 5.02 Å². The molecule has 0 aromatic heterocycles. The molecule has 1 aliphatic rings. The van der Waals surface area contributed by atoms with Gasteiger partial charge in [0.25, 0.3) is 0 Å². The normalized spacial score (nSPS) is 13.0. The van der Waals surface area contributed by atoms with Crippen molar-refractivity contribution in [2.24, 2.45) is 9.98 Å². The van der Waals surface area contributed by atoms with Crippen LogP contribution in [0.25, 0.3) is 0 Å². The summed E-state index contributed by atoms with van der Waals surface area (Å²) in [5.74, 6) is 0.165. The summed E-state index contributed by atoms with van der Waals surface area (Å²) in [6, 6.07) is 23.4. The van der Waals surface area contributed by atoms with Crippen LogP contribution in [0.1, 0.15) is 17.5 Å². The third kappa shape index (κ3) is 4.81. The Kier molecular flexibility index (Phi) is 6.31. The fourth-order valence-corrected chi connectivity index (χ4v) is 4.06. The van der Waals surface area contributed by atoms with E-state index < -0.39 is 0 Å². The summed E-state index contributed by atoms with van der Waals surface area (Å²) in [5, 5.41) is 4.43. The van der Waals surface area contributed by atoms with Crippen molar-refractivity contribution in [1.29, 1.82) is 0 Å². The lowest BCUT2D eigenvalue weighted by Gasteiger charge is -2.10. The quantitative estimate of drug-likeness (QED) is 0.505. The van der Waals surface area contributed by atoms with Crippen LogP contribution < -0.4 is 5.32 Å². The summed E-state index contributed by atoms with van der Waals surface area (Å²) in [7, 11) is 0. The van der Waals surface area contributed by atoms with E-state index in [2.05, 4.69) is 5.32 Å². The molecule has 1 heterocycles. The van der Waals surface area contributed by atoms with Crippen molar-refractivity contribution < 1.29 is 4.79 Å². The number of amides is 1. The molecule has 0 atom stereocenters. The first kappa shape index (κ1) is 20.4. The van der Waals surface area contributed by atoms with Gasteiger partial charge in [0, 0.05) is 17.1 Å². The first-order chi connectivity index (χ1) is 14.6. The highest BCUT2D eigenvalue weighted by Gasteiger charge is 2.17. The first-order valence-corrected chi connectivity index (χ1v) is 10.9. The molecule has 1 N–H and O–H groups in total. The van der Waals surface area contributed by atoms with Crippen molar-refractivity contribution in [1.82, 2.24) is 0 Å². The zero-order chi connectivity index (χ0) is 20.9. The molecule has 4 nitrogen and oxygen atoms in total. The van der Waals surface area contributed by atoms with Gasteiger partial charge >= 0.3 is 0 Å². The smallest absolute Gasteiger partial charge is 0.234 e.